The summed E-state index contributed by atoms with van der Waals surface area (Å²) in [5, 5.41) is 8.62. The Morgan fingerprint density at radius 3 is 0.874 bits per heavy atom. The first-order chi connectivity index (χ1) is 50.1. The number of fused-ring (bicyclic) bond motifs is 6. The molecule has 0 radical (unpaired) electrons. The van der Waals surface area contributed by atoms with E-state index in [1.54, 1.807) is 0 Å². The van der Waals surface area contributed by atoms with Crippen molar-refractivity contribution in [3.63, 3.8) is 0 Å². The summed E-state index contributed by atoms with van der Waals surface area (Å²) in [4.78, 5) is 2.37. The Balaban J connectivity index is 0.000000149. The van der Waals surface area contributed by atoms with E-state index < -0.39 is 0 Å². The van der Waals surface area contributed by atoms with Gasteiger partial charge in [0, 0.05) is 65.5 Å². The van der Waals surface area contributed by atoms with Crippen molar-refractivity contribution in [3.8, 4) is 78.1 Å². The van der Waals surface area contributed by atoms with Crippen molar-refractivity contribution in [3.05, 3.63) is 417 Å². The van der Waals surface area contributed by atoms with E-state index in [2.05, 4.69) is 424 Å². The first kappa shape index (κ1) is 67.4. The molecule has 496 valence electrons. The maximum Gasteiger partial charge on any atom is 0.0541 e. The van der Waals surface area contributed by atoms with Crippen LogP contribution in [0.25, 0.3) is 122 Å². The lowest BCUT2D eigenvalue weighted by Crippen LogP contribution is -2.11. The summed E-state index contributed by atoms with van der Waals surface area (Å²) in [5.41, 5.74) is 27.1. The highest BCUT2D eigenvalue weighted by molar-refractivity contribution is 9.10. The Morgan fingerprint density at radius 1 is 0.214 bits per heavy atom. The van der Waals surface area contributed by atoms with Crippen LogP contribution in [0, 0.1) is 0 Å². The van der Waals surface area contributed by atoms with E-state index in [4.69, 9.17) is 0 Å². The first-order valence-electron chi connectivity index (χ1n) is 34.2. The van der Waals surface area contributed by atoms with E-state index in [0.717, 1.165) is 32.9 Å². The minimum Gasteiger partial charge on any atom is -0.356 e. The van der Waals surface area contributed by atoms with Gasteiger partial charge in [0.25, 0.3) is 0 Å². The molecule has 0 saturated heterocycles. The Bertz CT molecular complexity index is 5720. The number of hydrogen-bond acceptors (Lipinski definition) is 2. The maximum absolute atomic E-state index is 3.55. The number of nitrogens with zero attached hydrogens (tertiary/aromatic N) is 3. The number of benzene rings is 16. The quantitative estimate of drug-likeness (QED) is 0.124. The van der Waals surface area contributed by atoms with Crippen molar-refractivity contribution >= 4 is 88.0 Å². The fraction of sp³-hybridized carbons (Fsp3) is 0.0204. The van der Waals surface area contributed by atoms with Gasteiger partial charge in [-0.25, -0.2) is 0 Å². The van der Waals surface area contributed by atoms with Gasteiger partial charge in [-0.3, -0.25) is 0 Å². The third-order valence-corrected chi connectivity index (χ3v) is 19.5. The van der Waals surface area contributed by atoms with E-state index in [1.807, 2.05) is 24.3 Å². The standard InChI is InChI=1S/C48H34N2.C36H26N2.C12H9Br.2CH4/c1-3-15-35(16-4-1)36-27-31-39(32-28-36)49(45-23-11-7-19-41(45)37-17-5-2-6-18-37)40-33-29-38(30-34-40)42-20-8-12-24-46(42)50-47-25-13-9-21-43(47)44-22-10-14-26-48(44)50;1-2-10-26(11-3-1)27-18-22-29(23-19-27)37-30-24-20-28(21-25-30)31-12-4-7-15-34(31)38-35-16-8-5-13-32(35)33-14-6-9-17-36(33)38;13-12-9-5-4-8-11(12)10-6-2-1-3-7-10;;/h1-34H;1-25,37H;1-9H;2*1H4. The number of aromatic nitrogens is 2. The second-order valence-electron chi connectivity index (χ2n) is 24.9. The number of nitrogens with one attached hydrogen (secondary N) is 1. The third-order valence-electron chi connectivity index (χ3n) is 18.8. The van der Waals surface area contributed by atoms with Crippen LogP contribution in [0.3, 0.4) is 0 Å². The molecule has 18 rings (SSSR count). The first-order valence-corrected chi connectivity index (χ1v) is 35.0. The number of para-hydroxylation sites is 7. The van der Waals surface area contributed by atoms with Crippen LogP contribution >= 0.6 is 15.9 Å². The van der Waals surface area contributed by atoms with Crippen molar-refractivity contribution in [1.82, 2.24) is 9.13 Å². The Hall–Kier alpha value is -12.8. The summed E-state index contributed by atoms with van der Waals surface area (Å²) in [6.07, 6.45) is 0. The summed E-state index contributed by atoms with van der Waals surface area (Å²) in [6, 6.07) is 146. The molecule has 4 nitrogen and oxygen atoms in total. The Labute approximate surface area is 613 Å². The SMILES string of the molecule is Brc1ccccc1-c1ccccc1.C.C.c1ccc(-c2ccc(N(c3ccc(-c4ccccc4-n4c5ccccc5c5ccccc54)cc3)c3ccccc3-c3ccccc3)cc2)cc1.c1ccc(-c2ccc(Nc3ccc(-c4ccccc4-n4c5ccccc5c5ccccc54)cc3)cc2)cc1. The minimum atomic E-state index is 0. The van der Waals surface area contributed by atoms with Gasteiger partial charge < -0.3 is 19.4 Å². The van der Waals surface area contributed by atoms with Gasteiger partial charge in [0.05, 0.1) is 39.1 Å². The van der Waals surface area contributed by atoms with Gasteiger partial charge in [-0.2, -0.15) is 0 Å². The molecule has 0 fully saturated rings. The number of halogens is 1. The number of rotatable bonds is 13. The van der Waals surface area contributed by atoms with Crippen molar-refractivity contribution in [2.24, 2.45) is 0 Å². The van der Waals surface area contributed by atoms with E-state index in [-0.39, 0.29) is 14.9 Å². The normalized spacial score (nSPS) is 10.8. The molecule has 103 heavy (non-hydrogen) atoms. The van der Waals surface area contributed by atoms with Crippen molar-refractivity contribution < 1.29 is 0 Å². The van der Waals surface area contributed by atoms with Crippen molar-refractivity contribution in [2.45, 2.75) is 14.9 Å². The van der Waals surface area contributed by atoms with Crippen LogP contribution in [0.15, 0.2) is 417 Å². The maximum atomic E-state index is 3.55. The lowest BCUT2D eigenvalue weighted by Gasteiger charge is -2.28. The number of anilines is 5. The summed E-state index contributed by atoms with van der Waals surface area (Å²) in [6.45, 7) is 0. The van der Waals surface area contributed by atoms with Crippen LogP contribution in [-0.4, -0.2) is 9.13 Å². The van der Waals surface area contributed by atoms with Gasteiger partial charge in [0.15, 0.2) is 0 Å². The molecule has 0 saturated carbocycles. The lowest BCUT2D eigenvalue weighted by molar-refractivity contribution is 1.18. The van der Waals surface area contributed by atoms with Gasteiger partial charge in [0.1, 0.15) is 0 Å². The zero-order chi connectivity index (χ0) is 67.7. The Kier molecular flexibility index (Phi) is 20.4. The van der Waals surface area contributed by atoms with Gasteiger partial charge in [-0.1, -0.05) is 346 Å². The lowest BCUT2D eigenvalue weighted by atomic mass is 10.00. The molecular formula is C98H77BrN4. The van der Waals surface area contributed by atoms with Crippen LogP contribution < -0.4 is 10.2 Å². The van der Waals surface area contributed by atoms with Crippen LogP contribution in [0.2, 0.25) is 0 Å². The molecule has 0 unspecified atom stereocenters. The van der Waals surface area contributed by atoms with Gasteiger partial charge in [-0.15, -0.1) is 0 Å². The molecular weight excluding hydrogens is 1310 g/mol. The summed E-state index contributed by atoms with van der Waals surface area (Å²) < 4.78 is 5.94. The molecule has 0 aliphatic rings. The van der Waals surface area contributed by atoms with Crippen LogP contribution in [0.4, 0.5) is 28.4 Å². The molecule has 0 amide bonds. The molecule has 5 heteroatoms. The molecule has 0 bridgehead atoms. The zero-order valence-corrected chi connectivity index (χ0v) is 57.1. The molecule has 0 atom stereocenters. The highest BCUT2D eigenvalue weighted by atomic mass is 79.9. The second-order valence-corrected chi connectivity index (χ2v) is 25.8. The second kappa shape index (κ2) is 31.2. The van der Waals surface area contributed by atoms with Crippen molar-refractivity contribution in [2.75, 3.05) is 10.2 Å². The van der Waals surface area contributed by atoms with Crippen LogP contribution in [0.5, 0.6) is 0 Å². The number of hydrogen-bond donors (Lipinski definition) is 1. The average Bonchev–Trinajstić information content (AvgIpc) is 1.63. The highest BCUT2D eigenvalue weighted by Gasteiger charge is 2.21. The van der Waals surface area contributed by atoms with Crippen molar-refractivity contribution in [1.29, 1.82) is 0 Å². The van der Waals surface area contributed by atoms with E-state index >= 15 is 0 Å². The van der Waals surface area contributed by atoms with E-state index in [9.17, 15) is 0 Å². The van der Waals surface area contributed by atoms with Gasteiger partial charge in [-0.05, 0) is 147 Å². The summed E-state index contributed by atoms with van der Waals surface area (Å²) >= 11 is 3.53. The molecule has 0 spiro atoms. The summed E-state index contributed by atoms with van der Waals surface area (Å²) in [7, 11) is 0. The molecule has 18 aromatic rings. The molecule has 0 aliphatic heterocycles. The van der Waals surface area contributed by atoms with Crippen LogP contribution in [-0.2, 0) is 0 Å². The fourth-order valence-electron chi connectivity index (χ4n) is 14.0. The van der Waals surface area contributed by atoms with Crippen LogP contribution in [0.1, 0.15) is 14.9 Å². The van der Waals surface area contributed by atoms with Gasteiger partial charge >= 0.3 is 0 Å². The smallest absolute Gasteiger partial charge is 0.0541 e. The topological polar surface area (TPSA) is 25.1 Å². The molecule has 0 aliphatic carbocycles. The highest BCUT2D eigenvalue weighted by Crippen LogP contribution is 2.44. The Morgan fingerprint density at radius 2 is 0.476 bits per heavy atom. The molecule has 2 aromatic heterocycles. The minimum absolute atomic E-state index is 0. The monoisotopic (exact) mass is 1390 g/mol. The van der Waals surface area contributed by atoms with E-state index in [1.165, 1.54) is 122 Å². The molecule has 1 N–H and O–H groups in total. The predicted molar refractivity (Wildman–Crippen MR) is 446 cm³/mol. The summed E-state index contributed by atoms with van der Waals surface area (Å²) in [5.74, 6) is 0. The molecule has 16 aromatic carbocycles. The van der Waals surface area contributed by atoms with Gasteiger partial charge in [0.2, 0.25) is 0 Å². The molecule has 2 heterocycles. The van der Waals surface area contributed by atoms with E-state index in [0.29, 0.717) is 0 Å². The largest absolute Gasteiger partial charge is 0.356 e. The predicted octanol–water partition coefficient (Wildman–Crippen LogP) is 28.5. The third kappa shape index (κ3) is 14.1. The zero-order valence-electron chi connectivity index (χ0n) is 55.5. The average molecular weight is 1390 g/mol. The fourth-order valence-corrected chi connectivity index (χ4v) is 14.5.